The first-order valence-electron chi connectivity index (χ1n) is 13.0. The molecular formula is C31H27ClN2O5. The first-order valence-corrected chi connectivity index (χ1v) is 13.3. The zero-order valence-electron chi connectivity index (χ0n) is 21.6. The molecule has 1 fully saturated rings. The molecule has 0 bridgehead atoms. The Balaban J connectivity index is 1.24. The van der Waals surface area contributed by atoms with Crippen LogP contribution < -0.4 is 5.32 Å². The summed E-state index contributed by atoms with van der Waals surface area (Å²) in [4.78, 5) is 24.5. The minimum Gasteiger partial charge on any atom is -0.481 e. The van der Waals surface area contributed by atoms with Crippen molar-refractivity contribution in [2.75, 3.05) is 5.32 Å². The number of fused-ring (bicyclic) bond motifs is 1. The van der Waals surface area contributed by atoms with Crippen molar-refractivity contribution >= 4 is 29.4 Å². The predicted molar refractivity (Wildman–Crippen MR) is 148 cm³/mol. The summed E-state index contributed by atoms with van der Waals surface area (Å²) in [5.74, 6) is -0.262. The lowest BCUT2D eigenvalue weighted by molar-refractivity contribution is -0.140. The Kier molecular flexibility index (Phi) is 6.19. The van der Waals surface area contributed by atoms with E-state index in [1.165, 1.54) is 5.56 Å². The maximum Gasteiger partial charge on any atom is 0.412 e. The maximum absolute atomic E-state index is 12.8. The number of halogens is 1. The molecule has 2 aliphatic carbocycles. The van der Waals surface area contributed by atoms with Crippen LogP contribution in [0.15, 0.2) is 65.2 Å². The van der Waals surface area contributed by atoms with Gasteiger partial charge in [0.1, 0.15) is 17.5 Å². The highest BCUT2D eigenvalue weighted by Gasteiger charge is 2.51. The highest BCUT2D eigenvalue weighted by Crippen LogP contribution is 2.49. The monoisotopic (exact) mass is 542 g/mol. The molecule has 1 saturated carbocycles. The summed E-state index contributed by atoms with van der Waals surface area (Å²) in [6, 6.07) is 19.2. The fourth-order valence-corrected chi connectivity index (χ4v) is 5.69. The molecule has 4 aromatic rings. The average Bonchev–Trinajstić information content (AvgIpc) is 3.64. The zero-order chi connectivity index (χ0) is 27.3. The molecule has 1 aromatic heterocycles. The number of benzene rings is 3. The van der Waals surface area contributed by atoms with E-state index < -0.39 is 23.6 Å². The van der Waals surface area contributed by atoms with Gasteiger partial charge >= 0.3 is 12.1 Å². The Morgan fingerprint density at radius 2 is 1.69 bits per heavy atom. The second-order valence-corrected chi connectivity index (χ2v) is 10.7. The third kappa shape index (κ3) is 4.36. The van der Waals surface area contributed by atoms with Crippen LogP contribution in [0.4, 0.5) is 10.5 Å². The molecule has 0 saturated heterocycles. The van der Waals surface area contributed by atoms with E-state index in [1.54, 1.807) is 19.9 Å². The lowest BCUT2D eigenvalue weighted by Gasteiger charge is -2.26. The minimum atomic E-state index is -0.752. The van der Waals surface area contributed by atoms with E-state index in [2.05, 4.69) is 10.5 Å². The molecule has 8 heteroatoms. The largest absolute Gasteiger partial charge is 0.481 e. The fourth-order valence-electron chi connectivity index (χ4n) is 5.40. The van der Waals surface area contributed by atoms with Crippen LogP contribution in [-0.4, -0.2) is 22.3 Å². The molecule has 2 aliphatic rings. The lowest BCUT2D eigenvalue weighted by atomic mass is 9.78. The molecule has 7 nitrogen and oxygen atoms in total. The van der Waals surface area contributed by atoms with Gasteiger partial charge in [-0.15, -0.1) is 0 Å². The molecule has 1 amide bonds. The van der Waals surface area contributed by atoms with E-state index in [0.29, 0.717) is 35.0 Å². The quantitative estimate of drug-likeness (QED) is 0.251. The van der Waals surface area contributed by atoms with Gasteiger partial charge in [-0.05, 0) is 73.4 Å². The van der Waals surface area contributed by atoms with E-state index in [1.807, 2.05) is 54.6 Å². The van der Waals surface area contributed by atoms with E-state index in [-0.39, 0.29) is 0 Å². The predicted octanol–water partition coefficient (Wildman–Crippen LogP) is 7.49. The van der Waals surface area contributed by atoms with Crippen LogP contribution in [0.1, 0.15) is 53.8 Å². The van der Waals surface area contributed by atoms with E-state index in [0.717, 1.165) is 46.2 Å². The molecule has 0 aliphatic heterocycles. The lowest BCUT2D eigenvalue weighted by Crippen LogP contribution is -2.19. The molecular weight excluding hydrogens is 516 g/mol. The number of aliphatic carboxylic acids is 1. The third-order valence-electron chi connectivity index (χ3n) is 7.93. The van der Waals surface area contributed by atoms with Crippen molar-refractivity contribution in [3.05, 3.63) is 93.6 Å². The fraction of sp³-hybridized carbons (Fsp3) is 0.258. The summed E-state index contributed by atoms with van der Waals surface area (Å²) < 4.78 is 11.3. The first-order chi connectivity index (χ1) is 18.8. The summed E-state index contributed by atoms with van der Waals surface area (Å²) in [6.45, 7) is 3.54. The molecule has 2 N–H and O–H groups in total. The molecule has 0 spiro atoms. The molecule has 1 heterocycles. The number of carbonyl (C=O) groups excluding carboxylic acids is 1. The van der Waals surface area contributed by atoms with Crippen LogP contribution >= 0.6 is 11.6 Å². The van der Waals surface area contributed by atoms with Gasteiger partial charge in [0.15, 0.2) is 5.76 Å². The number of carboxylic acid groups (broad SMARTS) is 1. The van der Waals surface area contributed by atoms with Crippen LogP contribution in [-0.2, 0) is 27.8 Å². The number of ether oxygens (including phenoxy) is 1. The first kappa shape index (κ1) is 25.2. The molecule has 3 aromatic carbocycles. The Morgan fingerprint density at radius 3 is 2.33 bits per heavy atom. The summed E-state index contributed by atoms with van der Waals surface area (Å²) in [7, 11) is 0. The Bertz CT molecular complexity index is 1600. The minimum absolute atomic E-state index is 0.473. The highest BCUT2D eigenvalue weighted by atomic mass is 35.5. The van der Waals surface area contributed by atoms with E-state index in [9.17, 15) is 14.7 Å². The normalized spacial score (nSPS) is 15.6. The maximum atomic E-state index is 12.8. The van der Waals surface area contributed by atoms with Gasteiger partial charge in [0.25, 0.3) is 0 Å². The number of carbonyl (C=O) groups is 2. The van der Waals surface area contributed by atoms with Gasteiger partial charge in [-0.3, -0.25) is 10.1 Å². The van der Waals surface area contributed by atoms with Crippen molar-refractivity contribution in [1.82, 2.24) is 5.16 Å². The summed E-state index contributed by atoms with van der Waals surface area (Å²) in [5.41, 5.74) is 7.30. The molecule has 1 unspecified atom stereocenters. The van der Waals surface area contributed by atoms with Crippen molar-refractivity contribution in [3.63, 3.8) is 0 Å². The van der Waals surface area contributed by atoms with Gasteiger partial charge in [-0.1, -0.05) is 71.4 Å². The molecule has 39 heavy (non-hydrogen) atoms. The second kappa shape index (κ2) is 9.58. The van der Waals surface area contributed by atoms with Crippen molar-refractivity contribution in [2.45, 2.75) is 51.0 Å². The van der Waals surface area contributed by atoms with E-state index in [4.69, 9.17) is 20.9 Å². The van der Waals surface area contributed by atoms with Gasteiger partial charge in [0, 0.05) is 16.1 Å². The van der Waals surface area contributed by atoms with Gasteiger partial charge < -0.3 is 14.4 Å². The van der Waals surface area contributed by atoms with Crippen molar-refractivity contribution in [3.8, 4) is 22.5 Å². The number of anilines is 1. The Morgan fingerprint density at radius 1 is 1.03 bits per heavy atom. The van der Waals surface area contributed by atoms with Crippen LogP contribution in [0.2, 0.25) is 5.02 Å². The molecule has 0 radical (unpaired) electrons. The SMILES string of the molecule is Cc1noc(-c2ccc(-c3ccc(C4(C(=O)O)CC4)cc3)c3c2CC3)c1NC(=O)OC(C)c1ccccc1Cl. The number of nitrogens with zero attached hydrogens (tertiary/aromatic N) is 1. The van der Waals surface area contributed by atoms with Gasteiger partial charge in [0.2, 0.25) is 0 Å². The second-order valence-electron chi connectivity index (χ2n) is 10.2. The number of aromatic nitrogens is 1. The Hall–Kier alpha value is -4.10. The highest BCUT2D eigenvalue weighted by molar-refractivity contribution is 6.31. The van der Waals surface area contributed by atoms with E-state index >= 15 is 0 Å². The van der Waals surface area contributed by atoms with Crippen LogP contribution in [0.25, 0.3) is 22.5 Å². The van der Waals surface area contributed by atoms with Gasteiger partial charge in [-0.2, -0.15) is 0 Å². The smallest absolute Gasteiger partial charge is 0.412 e. The van der Waals surface area contributed by atoms with Crippen LogP contribution in [0.3, 0.4) is 0 Å². The number of aryl methyl sites for hydroxylation is 1. The van der Waals surface area contributed by atoms with Gasteiger partial charge in [-0.25, -0.2) is 4.79 Å². The third-order valence-corrected chi connectivity index (χ3v) is 8.27. The van der Waals surface area contributed by atoms with Crippen LogP contribution in [0.5, 0.6) is 0 Å². The zero-order valence-corrected chi connectivity index (χ0v) is 22.3. The standard InChI is InChI=1S/C31H27ClN2O5/c1-17-27(33-30(37)38-18(2)21-5-3-4-6-26(21)32)28(39-34-17)25-14-11-22(23-12-13-24(23)25)19-7-9-20(10-8-19)31(15-16-31)29(35)36/h3-11,14,18H,12-13,15-16H2,1-2H3,(H,33,37)(H,35,36). The summed E-state index contributed by atoms with van der Waals surface area (Å²) in [5, 5.41) is 17.1. The Labute approximate surface area is 230 Å². The number of hydrogen-bond donors (Lipinski definition) is 2. The van der Waals surface area contributed by atoms with Crippen LogP contribution in [0, 0.1) is 6.92 Å². The number of nitrogens with one attached hydrogen (secondary N) is 1. The van der Waals surface area contributed by atoms with Crippen molar-refractivity contribution < 1.29 is 24.0 Å². The number of carboxylic acids is 1. The van der Waals surface area contributed by atoms with Crippen molar-refractivity contribution in [2.24, 2.45) is 0 Å². The number of rotatable bonds is 7. The summed E-state index contributed by atoms with van der Waals surface area (Å²) >= 11 is 6.25. The molecule has 6 rings (SSSR count). The molecule has 1 atom stereocenters. The summed E-state index contributed by atoms with van der Waals surface area (Å²) in [6.07, 6.45) is 2.01. The topological polar surface area (TPSA) is 102 Å². The van der Waals surface area contributed by atoms with Crippen molar-refractivity contribution in [1.29, 1.82) is 0 Å². The number of hydrogen-bond acceptors (Lipinski definition) is 5. The molecule has 198 valence electrons. The van der Waals surface area contributed by atoms with Gasteiger partial charge in [0.05, 0.1) is 5.41 Å². The number of amides is 1. The average molecular weight is 543 g/mol.